The first-order valence-electron chi connectivity index (χ1n) is 9.73. The molecule has 0 atom stereocenters. The van der Waals surface area contributed by atoms with Crippen LogP contribution in [0.25, 0.3) is 0 Å². The molecule has 0 N–H and O–H groups in total. The minimum Gasteiger partial charge on any atom is -0.497 e. The average molecular weight is 411 g/mol. The Balaban J connectivity index is 1.58. The maximum Gasteiger partial charge on any atom is 0.153 e. The lowest BCUT2D eigenvalue weighted by molar-refractivity contribution is 0.414. The van der Waals surface area contributed by atoms with Crippen LogP contribution in [-0.2, 0) is 5.75 Å². The van der Waals surface area contributed by atoms with E-state index < -0.39 is 0 Å². The maximum absolute atomic E-state index is 5.23. The largest absolute Gasteiger partial charge is 0.497 e. The second-order valence-corrected chi connectivity index (χ2v) is 7.73. The molecule has 0 spiro atoms. The number of thioether (sulfide) groups is 1. The third kappa shape index (κ3) is 5.16. The van der Waals surface area contributed by atoms with Crippen LogP contribution in [0.1, 0.15) is 16.7 Å². The van der Waals surface area contributed by atoms with Crippen molar-refractivity contribution in [3.05, 3.63) is 120 Å². The molecule has 0 amide bonds. The van der Waals surface area contributed by atoms with Crippen LogP contribution in [0, 0.1) is 0 Å². The van der Waals surface area contributed by atoms with Gasteiger partial charge in [-0.1, -0.05) is 72.8 Å². The van der Waals surface area contributed by atoms with Crippen molar-refractivity contribution in [2.75, 3.05) is 7.11 Å². The van der Waals surface area contributed by atoms with Gasteiger partial charge in [0, 0.05) is 28.0 Å². The summed E-state index contributed by atoms with van der Waals surface area (Å²) in [6, 6.07) is 32.7. The lowest BCUT2D eigenvalue weighted by Crippen LogP contribution is -2.02. The third-order valence-electron chi connectivity index (χ3n) is 4.60. The summed E-state index contributed by atoms with van der Waals surface area (Å²) in [6.07, 6.45) is 1.82. The molecule has 0 bridgehead atoms. The van der Waals surface area contributed by atoms with Gasteiger partial charge in [-0.25, -0.2) is 9.98 Å². The molecule has 3 nitrogen and oxygen atoms in total. The van der Waals surface area contributed by atoms with Crippen molar-refractivity contribution in [3.63, 3.8) is 0 Å². The highest BCUT2D eigenvalue weighted by molar-refractivity contribution is 7.98. The fourth-order valence-corrected chi connectivity index (χ4v) is 3.91. The van der Waals surface area contributed by atoms with Crippen LogP contribution in [0.3, 0.4) is 0 Å². The molecule has 4 heteroatoms. The number of rotatable bonds is 7. The molecule has 0 aliphatic rings. The maximum atomic E-state index is 5.23. The normalized spacial score (nSPS) is 10.4. The molecule has 30 heavy (non-hydrogen) atoms. The topological polar surface area (TPSA) is 34.5 Å². The molecule has 4 aromatic rings. The molecule has 0 saturated carbocycles. The van der Waals surface area contributed by atoms with E-state index in [1.54, 1.807) is 18.9 Å². The lowest BCUT2D eigenvalue weighted by atomic mass is 10.0. The minimum atomic E-state index is 0.706. The molecule has 148 valence electrons. The SMILES string of the molecule is COc1ccc(CSc2ccnc(N=C(c3ccccc3)c3ccccc3)c2)cc1. The lowest BCUT2D eigenvalue weighted by Gasteiger charge is -2.08. The molecule has 0 unspecified atom stereocenters. The summed E-state index contributed by atoms with van der Waals surface area (Å²) >= 11 is 1.77. The zero-order chi connectivity index (χ0) is 20.6. The second-order valence-electron chi connectivity index (χ2n) is 6.68. The van der Waals surface area contributed by atoms with Crippen molar-refractivity contribution in [1.82, 2.24) is 4.98 Å². The number of ether oxygens (including phenoxy) is 1. The van der Waals surface area contributed by atoms with E-state index in [1.165, 1.54) is 5.56 Å². The summed E-state index contributed by atoms with van der Waals surface area (Å²) in [5.74, 6) is 2.46. The molecule has 1 aromatic heterocycles. The molecular formula is C26H22N2OS. The van der Waals surface area contributed by atoms with Gasteiger partial charge >= 0.3 is 0 Å². The van der Waals surface area contributed by atoms with Crippen LogP contribution in [0.15, 0.2) is 113 Å². The van der Waals surface area contributed by atoms with Gasteiger partial charge in [0.25, 0.3) is 0 Å². The van der Waals surface area contributed by atoms with Gasteiger partial charge in [-0.15, -0.1) is 11.8 Å². The molecular weight excluding hydrogens is 388 g/mol. The molecule has 0 saturated heterocycles. The van der Waals surface area contributed by atoms with Gasteiger partial charge in [-0.3, -0.25) is 0 Å². The van der Waals surface area contributed by atoms with E-state index in [1.807, 2.05) is 66.9 Å². The number of pyridine rings is 1. The van der Waals surface area contributed by atoms with Crippen molar-refractivity contribution in [1.29, 1.82) is 0 Å². The van der Waals surface area contributed by atoms with Crippen LogP contribution in [0.5, 0.6) is 5.75 Å². The Bertz CT molecular complexity index is 1070. The standard InChI is InChI=1S/C26H22N2OS/c1-29-23-14-12-20(13-15-23)19-30-24-16-17-27-25(18-24)28-26(21-8-4-2-5-9-21)22-10-6-3-7-11-22/h2-18H,19H2,1H3. The predicted molar refractivity (Wildman–Crippen MR) is 125 cm³/mol. The van der Waals surface area contributed by atoms with Crippen molar-refractivity contribution in [2.45, 2.75) is 10.6 Å². The Morgan fingerprint density at radius 3 is 2.07 bits per heavy atom. The number of hydrogen-bond acceptors (Lipinski definition) is 4. The van der Waals surface area contributed by atoms with Gasteiger partial charge in [-0.2, -0.15) is 0 Å². The molecule has 0 aliphatic heterocycles. The zero-order valence-corrected chi connectivity index (χ0v) is 17.5. The molecule has 0 aliphatic carbocycles. The molecule has 0 fully saturated rings. The number of methoxy groups -OCH3 is 1. The van der Waals surface area contributed by atoms with Crippen LogP contribution in [-0.4, -0.2) is 17.8 Å². The van der Waals surface area contributed by atoms with Crippen molar-refractivity contribution in [3.8, 4) is 5.75 Å². The van der Waals surface area contributed by atoms with E-state index in [9.17, 15) is 0 Å². The highest BCUT2D eigenvalue weighted by Crippen LogP contribution is 2.26. The monoisotopic (exact) mass is 410 g/mol. The number of aromatic nitrogens is 1. The van der Waals surface area contributed by atoms with E-state index in [2.05, 4.69) is 41.4 Å². The van der Waals surface area contributed by atoms with Gasteiger partial charge in [0.15, 0.2) is 5.82 Å². The first-order chi connectivity index (χ1) is 14.8. The first kappa shape index (κ1) is 19.9. The predicted octanol–water partition coefficient (Wildman–Crippen LogP) is 6.55. The Labute approximate surface area is 181 Å². The van der Waals surface area contributed by atoms with Crippen LogP contribution >= 0.6 is 11.8 Å². The van der Waals surface area contributed by atoms with E-state index in [0.29, 0.717) is 5.82 Å². The Morgan fingerprint density at radius 2 is 1.47 bits per heavy atom. The summed E-state index contributed by atoms with van der Waals surface area (Å²) in [5, 5.41) is 0. The van der Waals surface area contributed by atoms with Gasteiger partial charge in [-0.05, 0) is 29.8 Å². The fourth-order valence-electron chi connectivity index (χ4n) is 3.04. The smallest absolute Gasteiger partial charge is 0.153 e. The van der Waals surface area contributed by atoms with Gasteiger partial charge in [0.1, 0.15) is 5.75 Å². The Kier molecular flexibility index (Phi) is 6.58. The molecule has 0 radical (unpaired) electrons. The molecule has 4 rings (SSSR count). The highest BCUT2D eigenvalue weighted by atomic mass is 32.2. The summed E-state index contributed by atoms with van der Waals surface area (Å²) in [7, 11) is 1.68. The Hall–Kier alpha value is -3.37. The van der Waals surface area contributed by atoms with E-state index in [0.717, 1.165) is 33.2 Å². The molecule has 1 heterocycles. The summed E-state index contributed by atoms with van der Waals surface area (Å²) in [5.41, 5.74) is 4.31. The first-order valence-corrected chi connectivity index (χ1v) is 10.7. The summed E-state index contributed by atoms with van der Waals surface area (Å²) in [6.45, 7) is 0. The zero-order valence-electron chi connectivity index (χ0n) is 16.7. The van der Waals surface area contributed by atoms with Crippen LogP contribution in [0.4, 0.5) is 5.82 Å². The van der Waals surface area contributed by atoms with Crippen molar-refractivity contribution < 1.29 is 4.74 Å². The minimum absolute atomic E-state index is 0.706. The van der Waals surface area contributed by atoms with E-state index >= 15 is 0 Å². The van der Waals surface area contributed by atoms with Crippen molar-refractivity contribution >= 4 is 23.3 Å². The number of hydrogen-bond donors (Lipinski definition) is 0. The van der Waals surface area contributed by atoms with Crippen molar-refractivity contribution in [2.24, 2.45) is 4.99 Å². The third-order valence-corrected chi connectivity index (χ3v) is 5.67. The number of aliphatic imine (C=N–C) groups is 1. The highest BCUT2D eigenvalue weighted by Gasteiger charge is 2.08. The average Bonchev–Trinajstić information content (AvgIpc) is 2.83. The summed E-state index contributed by atoms with van der Waals surface area (Å²) < 4.78 is 5.23. The quantitative estimate of drug-likeness (QED) is 0.256. The fraction of sp³-hybridized carbons (Fsp3) is 0.0769. The molecule has 3 aromatic carbocycles. The number of nitrogens with zero attached hydrogens (tertiary/aromatic N) is 2. The van der Waals surface area contributed by atoms with Crippen LogP contribution < -0.4 is 4.74 Å². The number of benzene rings is 3. The summed E-state index contributed by atoms with van der Waals surface area (Å²) in [4.78, 5) is 10.5. The van der Waals surface area contributed by atoms with Gasteiger partial charge in [0.2, 0.25) is 0 Å². The Morgan fingerprint density at radius 1 is 0.833 bits per heavy atom. The van der Waals surface area contributed by atoms with Gasteiger partial charge in [0.05, 0.1) is 12.8 Å². The van der Waals surface area contributed by atoms with Crippen LogP contribution in [0.2, 0.25) is 0 Å². The van der Waals surface area contributed by atoms with E-state index in [4.69, 9.17) is 9.73 Å². The van der Waals surface area contributed by atoms with E-state index in [-0.39, 0.29) is 0 Å². The second kappa shape index (κ2) is 9.90. The van der Waals surface area contributed by atoms with Gasteiger partial charge < -0.3 is 4.74 Å².